The Kier molecular flexibility index (Phi) is 5.33. The van der Waals surface area contributed by atoms with Crippen LogP contribution < -0.4 is 5.73 Å². The number of thiophene rings is 1. The monoisotopic (exact) mass is 283 g/mol. The van der Waals surface area contributed by atoms with Crippen molar-refractivity contribution in [3.63, 3.8) is 0 Å². The highest BCUT2D eigenvalue weighted by Crippen LogP contribution is 2.14. The van der Waals surface area contributed by atoms with Crippen molar-refractivity contribution in [1.82, 2.24) is 9.80 Å². The van der Waals surface area contributed by atoms with Gasteiger partial charge in [0.25, 0.3) is 5.91 Å². The first kappa shape index (κ1) is 14.5. The van der Waals surface area contributed by atoms with Gasteiger partial charge in [0.15, 0.2) is 0 Å². The minimum absolute atomic E-state index is 0.0146. The lowest BCUT2D eigenvalue weighted by molar-refractivity contribution is -0.143. The molecular weight excluding hydrogens is 262 g/mol. The smallest absolute Gasteiger partial charge is 0.253 e. The molecule has 1 unspecified atom stereocenters. The Morgan fingerprint density at radius 1 is 1.47 bits per heavy atom. The van der Waals surface area contributed by atoms with Crippen LogP contribution in [0.3, 0.4) is 0 Å². The quantitative estimate of drug-likeness (QED) is 0.848. The molecule has 5 nitrogen and oxygen atoms in total. The van der Waals surface area contributed by atoms with Crippen LogP contribution in [0.5, 0.6) is 0 Å². The van der Waals surface area contributed by atoms with Crippen LogP contribution in [0.2, 0.25) is 0 Å². The van der Waals surface area contributed by atoms with Gasteiger partial charge >= 0.3 is 0 Å². The summed E-state index contributed by atoms with van der Waals surface area (Å²) < 4.78 is 5.10. The highest BCUT2D eigenvalue weighted by molar-refractivity contribution is 7.09. The Bertz CT molecular complexity index is 385. The average Bonchev–Trinajstić information content (AvgIpc) is 2.94. The van der Waals surface area contributed by atoms with Crippen molar-refractivity contribution in [2.75, 3.05) is 39.8 Å². The summed E-state index contributed by atoms with van der Waals surface area (Å²) >= 11 is 1.78. The summed E-state index contributed by atoms with van der Waals surface area (Å²) in [5.74, 6) is 0.0146. The average molecular weight is 283 g/mol. The predicted octanol–water partition coefficient (Wildman–Crippen LogP) is 0.366. The van der Waals surface area contributed by atoms with Crippen LogP contribution in [0.1, 0.15) is 4.88 Å². The van der Waals surface area contributed by atoms with E-state index in [1.807, 2.05) is 4.90 Å². The molecule has 2 rings (SSSR count). The summed E-state index contributed by atoms with van der Waals surface area (Å²) in [5, 5.41) is 2.10. The molecule has 2 N–H and O–H groups in total. The second kappa shape index (κ2) is 7.00. The Hall–Kier alpha value is -0.950. The molecular formula is C13H21N3O2S. The molecule has 0 bridgehead atoms. The van der Waals surface area contributed by atoms with Gasteiger partial charge in [-0.05, 0) is 11.4 Å². The lowest BCUT2D eigenvalue weighted by Crippen LogP contribution is -2.52. The van der Waals surface area contributed by atoms with E-state index >= 15 is 0 Å². The molecule has 1 aromatic heterocycles. The fourth-order valence-electron chi connectivity index (χ4n) is 2.25. The molecule has 0 saturated carbocycles. The van der Waals surface area contributed by atoms with Crippen LogP contribution in [0.25, 0.3) is 0 Å². The SMILES string of the molecule is COC(CN)C(=O)N1CCN(Cc2cccs2)CC1. The lowest BCUT2D eigenvalue weighted by Gasteiger charge is -2.35. The van der Waals surface area contributed by atoms with E-state index in [9.17, 15) is 4.79 Å². The molecule has 0 aliphatic carbocycles. The molecule has 1 atom stereocenters. The van der Waals surface area contributed by atoms with Crippen molar-refractivity contribution in [2.24, 2.45) is 5.73 Å². The molecule has 0 aromatic carbocycles. The predicted molar refractivity (Wildman–Crippen MR) is 76.0 cm³/mol. The maximum Gasteiger partial charge on any atom is 0.253 e. The maximum absolute atomic E-state index is 12.1. The summed E-state index contributed by atoms with van der Waals surface area (Å²) in [6.07, 6.45) is -0.496. The first-order chi connectivity index (χ1) is 9.24. The summed E-state index contributed by atoms with van der Waals surface area (Å²) in [7, 11) is 1.53. The van der Waals surface area contributed by atoms with E-state index in [2.05, 4.69) is 22.4 Å². The lowest BCUT2D eigenvalue weighted by atomic mass is 10.2. The molecule has 1 amide bonds. The fourth-order valence-corrected chi connectivity index (χ4v) is 3.00. The van der Waals surface area contributed by atoms with E-state index in [4.69, 9.17) is 10.5 Å². The second-order valence-corrected chi connectivity index (χ2v) is 5.67. The second-order valence-electron chi connectivity index (χ2n) is 4.64. The molecule has 1 fully saturated rings. The number of piperazine rings is 1. The zero-order valence-electron chi connectivity index (χ0n) is 11.2. The largest absolute Gasteiger partial charge is 0.370 e. The van der Waals surface area contributed by atoms with Gasteiger partial charge in [-0.2, -0.15) is 0 Å². The van der Waals surface area contributed by atoms with Crippen LogP contribution in [0, 0.1) is 0 Å². The number of nitrogens with two attached hydrogens (primary N) is 1. The maximum atomic E-state index is 12.1. The van der Waals surface area contributed by atoms with E-state index in [0.29, 0.717) is 0 Å². The van der Waals surface area contributed by atoms with Crippen LogP contribution in [-0.2, 0) is 16.1 Å². The van der Waals surface area contributed by atoms with Crippen LogP contribution in [0.15, 0.2) is 17.5 Å². The van der Waals surface area contributed by atoms with Crippen LogP contribution in [0.4, 0.5) is 0 Å². The first-order valence-electron chi connectivity index (χ1n) is 6.51. The molecule has 0 radical (unpaired) electrons. The van der Waals surface area contributed by atoms with E-state index in [-0.39, 0.29) is 12.5 Å². The standard InChI is InChI=1S/C13H21N3O2S/c1-18-12(9-14)13(17)16-6-4-15(5-7-16)10-11-3-2-8-19-11/h2-3,8,12H,4-7,9-10,14H2,1H3. The molecule has 6 heteroatoms. The van der Waals surface area contributed by atoms with Crippen LogP contribution >= 0.6 is 11.3 Å². The molecule has 2 heterocycles. The molecule has 0 spiro atoms. The molecule has 1 aromatic rings. The Balaban J connectivity index is 1.80. The number of nitrogens with zero attached hydrogens (tertiary/aromatic N) is 2. The Morgan fingerprint density at radius 3 is 2.74 bits per heavy atom. The normalized spacial score (nSPS) is 18.5. The Labute approximate surface area is 117 Å². The van der Waals surface area contributed by atoms with E-state index in [1.165, 1.54) is 12.0 Å². The van der Waals surface area contributed by atoms with Gasteiger partial charge in [-0.1, -0.05) is 6.07 Å². The third-order valence-electron chi connectivity index (χ3n) is 3.42. The number of amides is 1. The number of methoxy groups -OCH3 is 1. The third-order valence-corrected chi connectivity index (χ3v) is 4.28. The summed E-state index contributed by atoms with van der Waals surface area (Å²) in [4.78, 5) is 17.7. The van der Waals surface area contributed by atoms with Gasteiger partial charge in [0.05, 0.1) is 0 Å². The highest BCUT2D eigenvalue weighted by Gasteiger charge is 2.26. The van der Waals surface area contributed by atoms with Gasteiger partial charge in [-0.3, -0.25) is 9.69 Å². The van der Waals surface area contributed by atoms with Crippen molar-refractivity contribution in [2.45, 2.75) is 12.6 Å². The van der Waals surface area contributed by atoms with E-state index in [0.717, 1.165) is 32.7 Å². The van der Waals surface area contributed by atoms with Crippen molar-refractivity contribution >= 4 is 17.2 Å². The van der Waals surface area contributed by atoms with Gasteiger partial charge in [0, 0.05) is 51.3 Å². The molecule has 19 heavy (non-hydrogen) atoms. The van der Waals surface area contributed by atoms with Crippen molar-refractivity contribution in [3.8, 4) is 0 Å². The van der Waals surface area contributed by atoms with Crippen molar-refractivity contribution in [3.05, 3.63) is 22.4 Å². The highest BCUT2D eigenvalue weighted by atomic mass is 32.1. The number of hydrogen-bond donors (Lipinski definition) is 1. The molecule has 1 aliphatic rings. The van der Waals surface area contributed by atoms with Gasteiger partial charge in [0.1, 0.15) is 6.10 Å². The summed E-state index contributed by atoms with van der Waals surface area (Å²) in [5.41, 5.74) is 5.53. The number of rotatable bonds is 5. The van der Waals surface area contributed by atoms with Gasteiger partial charge in [-0.15, -0.1) is 11.3 Å². The topological polar surface area (TPSA) is 58.8 Å². The van der Waals surface area contributed by atoms with Crippen molar-refractivity contribution < 1.29 is 9.53 Å². The summed E-state index contributed by atoms with van der Waals surface area (Å²) in [6, 6.07) is 4.22. The third kappa shape index (κ3) is 3.76. The van der Waals surface area contributed by atoms with Gasteiger partial charge in [0.2, 0.25) is 0 Å². The number of carbonyl (C=O) groups excluding carboxylic acids is 1. The fraction of sp³-hybridized carbons (Fsp3) is 0.615. The van der Waals surface area contributed by atoms with E-state index < -0.39 is 6.10 Å². The minimum atomic E-state index is -0.496. The van der Waals surface area contributed by atoms with Crippen LogP contribution in [-0.4, -0.2) is 61.6 Å². The number of ether oxygens (including phenoxy) is 1. The summed E-state index contributed by atoms with van der Waals surface area (Å²) in [6.45, 7) is 4.54. The zero-order chi connectivity index (χ0) is 13.7. The molecule has 106 valence electrons. The first-order valence-corrected chi connectivity index (χ1v) is 7.39. The number of carbonyl (C=O) groups is 1. The Morgan fingerprint density at radius 2 is 2.21 bits per heavy atom. The minimum Gasteiger partial charge on any atom is -0.370 e. The van der Waals surface area contributed by atoms with Gasteiger partial charge < -0.3 is 15.4 Å². The molecule has 1 saturated heterocycles. The van der Waals surface area contributed by atoms with E-state index in [1.54, 1.807) is 11.3 Å². The molecule has 1 aliphatic heterocycles. The van der Waals surface area contributed by atoms with Gasteiger partial charge in [-0.25, -0.2) is 0 Å². The van der Waals surface area contributed by atoms with Crippen molar-refractivity contribution in [1.29, 1.82) is 0 Å². The zero-order valence-corrected chi connectivity index (χ0v) is 12.1. The number of hydrogen-bond acceptors (Lipinski definition) is 5.